The zero-order valence-corrected chi connectivity index (χ0v) is 9.44. The summed E-state index contributed by atoms with van der Waals surface area (Å²) in [5.74, 6) is 2.21. The van der Waals surface area contributed by atoms with Gasteiger partial charge in [-0.15, -0.1) is 0 Å². The maximum atomic E-state index is 11.2. The second-order valence-corrected chi connectivity index (χ2v) is 6.56. The zero-order valence-electron chi connectivity index (χ0n) is 8.62. The molecule has 2 nitrogen and oxygen atoms in total. The Labute approximate surface area is 81.6 Å². The van der Waals surface area contributed by atoms with Crippen LogP contribution >= 0.6 is 0 Å². The van der Waals surface area contributed by atoms with Crippen molar-refractivity contribution in [3.63, 3.8) is 0 Å². The van der Waals surface area contributed by atoms with Crippen LogP contribution in [0.3, 0.4) is 0 Å². The van der Waals surface area contributed by atoms with Crippen molar-refractivity contribution in [1.29, 1.82) is 0 Å². The lowest BCUT2D eigenvalue weighted by atomic mass is 9.86. The molecule has 1 fully saturated rings. The largest absolute Gasteiger partial charge is 0.229 e. The summed E-state index contributed by atoms with van der Waals surface area (Å²) >= 11 is 0. The minimum absolute atomic E-state index is 0.422. The van der Waals surface area contributed by atoms with Crippen molar-refractivity contribution in [3.05, 3.63) is 0 Å². The van der Waals surface area contributed by atoms with E-state index < -0.39 is 9.84 Å². The molecule has 1 atom stereocenters. The van der Waals surface area contributed by atoms with Crippen molar-refractivity contribution in [2.24, 2.45) is 11.8 Å². The monoisotopic (exact) mass is 204 g/mol. The average molecular weight is 204 g/mol. The van der Waals surface area contributed by atoms with Gasteiger partial charge in [0, 0.05) is 0 Å². The highest BCUT2D eigenvalue weighted by Gasteiger charge is 2.26. The van der Waals surface area contributed by atoms with E-state index in [1.807, 2.05) is 0 Å². The fourth-order valence-corrected chi connectivity index (χ4v) is 3.70. The molecule has 0 saturated carbocycles. The van der Waals surface area contributed by atoms with E-state index >= 15 is 0 Å². The Balaban J connectivity index is 2.40. The van der Waals surface area contributed by atoms with Crippen LogP contribution in [-0.2, 0) is 9.84 Å². The van der Waals surface area contributed by atoms with Crippen LogP contribution in [0.25, 0.3) is 0 Å². The fraction of sp³-hybridized carbons (Fsp3) is 1.00. The molecule has 0 aromatic rings. The first-order valence-corrected chi connectivity index (χ1v) is 7.07. The van der Waals surface area contributed by atoms with Gasteiger partial charge in [0.1, 0.15) is 9.84 Å². The zero-order chi connectivity index (χ0) is 9.90. The summed E-state index contributed by atoms with van der Waals surface area (Å²) in [6, 6.07) is 0. The Morgan fingerprint density at radius 2 is 1.85 bits per heavy atom. The Morgan fingerprint density at radius 3 is 2.31 bits per heavy atom. The Hall–Kier alpha value is -0.0500. The Bertz CT molecular complexity index is 230. The first-order valence-electron chi connectivity index (χ1n) is 5.25. The summed E-state index contributed by atoms with van der Waals surface area (Å²) in [4.78, 5) is 0. The molecule has 1 rings (SSSR count). The summed E-state index contributed by atoms with van der Waals surface area (Å²) in [7, 11) is -2.66. The van der Waals surface area contributed by atoms with Crippen LogP contribution in [0.4, 0.5) is 0 Å². The van der Waals surface area contributed by atoms with E-state index in [9.17, 15) is 8.42 Å². The van der Waals surface area contributed by atoms with Gasteiger partial charge in [-0.1, -0.05) is 26.7 Å². The standard InChI is InChI=1S/C10H20O2S/c1-3-4-9(2)10-5-7-13(11,12)8-6-10/h9-10H,3-8H2,1-2H3. The average Bonchev–Trinajstić information content (AvgIpc) is 2.04. The Kier molecular flexibility index (Phi) is 3.77. The molecule has 0 spiro atoms. The molecule has 78 valence electrons. The molecule has 1 unspecified atom stereocenters. The van der Waals surface area contributed by atoms with Gasteiger partial charge < -0.3 is 0 Å². The van der Waals surface area contributed by atoms with E-state index in [2.05, 4.69) is 13.8 Å². The summed E-state index contributed by atoms with van der Waals surface area (Å²) in [6.07, 6.45) is 4.24. The third-order valence-electron chi connectivity index (χ3n) is 3.15. The van der Waals surface area contributed by atoms with Crippen LogP contribution in [0.5, 0.6) is 0 Å². The SMILES string of the molecule is CCCC(C)C1CCS(=O)(=O)CC1. The third-order valence-corrected chi connectivity index (χ3v) is 4.86. The molecule has 3 heteroatoms. The van der Waals surface area contributed by atoms with Gasteiger partial charge in [-0.25, -0.2) is 8.42 Å². The molecule has 0 aromatic carbocycles. The smallest absolute Gasteiger partial charge is 0.150 e. The maximum absolute atomic E-state index is 11.2. The van der Waals surface area contributed by atoms with Crippen LogP contribution < -0.4 is 0 Å². The summed E-state index contributed by atoms with van der Waals surface area (Å²) < 4.78 is 22.4. The molecule has 1 heterocycles. The van der Waals surface area contributed by atoms with E-state index in [4.69, 9.17) is 0 Å². The number of sulfone groups is 1. The van der Waals surface area contributed by atoms with Crippen molar-refractivity contribution in [3.8, 4) is 0 Å². The van der Waals surface area contributed by atoms with E-state index in [-0.39, 0.29) is 0 Å². The summed E-state index contributed by atoms with van der Waals surface area (Å²) in [5, 5.41) is 0. The fourth-order valence-electron chi connectivity index (χ4n) is 2.17. The maximum Gasteiger partial charge on any atom is 0.150 e. The van der Waals surface area contributed by atoms with Crippen molar-refractivity contribution < 1.29 is 8.42 Å². The highest BCUT2D eigenvalue weighted by atomic mass is 32.2. The van der Waals surface area contributed by atoms with Crippen molar-refractivity contribution in [2.75, 3.05) is 11.5 Å². The van der Waals surface area contributed by atoms with Crippen LogP contribution in [-0.4, -0.2) is 19.9 Å². The topological polar surface area (TPSA) is 34.1 Å². The quantitative estimate of drug-likeness (QED) is 0.706. The molecule has 1 saturated heterocycles. The molecule has 0 bridgehead atoms. The third kappa shape index (κ3) is 3.29. The number of hydrogen-bond acceptors (Lipinski definition) is 2. The normalized spacial score (nSPS) is 25.7. The van der Waals surface area contributed by atoms with Gasteiger partial charge >= 0.3 is 0 Å². The van der Waals surface area contributed by atoms with Gasteiger partial charge in [0.05, 0.1) is 11.5 Å². The lowest BCUT2D eigenvalue weighted by molar-refractivity contribution is 0.310. The van der Waals surface area contributed by atoms with E-state index in [0.717, 1.165) is 12.8 Å². The molecular formula is C10H20O2S. The summed E-state index contributed by atoms with van der Waals surface area (Å²) in [5.41, 5.74) is 0. The Morgan fingerprint density at radius 1 is 1.31 bits per heavy atom. The van der Waals surface area contributed by atoms with Gasteiger partial charge in [0.25, 0.3) is 0 Å². The molecule has 0 aliphatic carbocycles. The summed E-state index contributed by atoms with van der Waals surface area (Å²) in [6.45, 7) is 4.45. The van der Waals surface area contributed by atoms with Gasteiger partial charge in [-0.3, -0.25) is 0 Å². The molecular weight excluding hydrogens is 184 g/mol. The second-order valence-electron chi connectivity index (χ2n) is 4.26. The van der Waals surface area contributed by atoms with E-state index in [1.54, 1.807) is 0 Å². The first-order chi connectivity index (χ1) is 6.05. The molecule has 1 aliphatic rings. The highest BCUT2D eigenvalue weighted by molar-refractivity contribution is 7.91. The van der Waals surface area contributed by atoms with Crippen molar-refractivity contribution >= 4 is 9.84 Å². The van der Waals surface area contributed by atoms with Gasteiger partial charge in [0.15, 0.2) is 0 Å². The lowest BCUT2D eigenvalue weighted by Gasteiger charge is -2.27. The second kappa shape index (κ2) is 4.45. The van der Waals surface area contributed by atoms with Crippen molar-refractivity contribution in [2.45, 2.75) is 39.5 Å². The minimum Gasteiger partial charge on any atom is -0.229 e. The van der Waals surface area contributed by atoms with Crippen LogP contribution in [0.1, 0.15) is 39.5 Å². The lowest BCUT2D eigenvalue weighted by Crippen LogP contribution is -2.27. The molecule has 0 amide bonds. The van der Waals surface area contributed by atoms with Gasteiger partial charge in [-0.2, -0.15) is 0 Å². The predicted octanol–water partition coefficient (Wildman–Crippen LogP) is 2.25. The van der Waals surface area contributed by atoms with Crippen molar-refractivity contribution in [1.82, 2.24) is 0 Å². The first kappa shape index (κ1) is 11.0. The molecule has 13 heavy (non-hydrogen) atoms. The van der Waals surface area contributed by atoms with E-state index in [0.29, 0.717) is 23.3 Å². The van der Waals surface area contributed by atoms with Crippen LogP contribution in [0.2, 0.25) is 0 Å². The van der Waals surface area contributed by atoms with Gasteiger partial charge in [0.2, 0.25) is 0 Å². The number of rotatable bonds is 3. The number of hydrogen-bond donors (Lipinski definition) is 0. The molecule has 0 N–H and O–H groups in total. The molecule has 0 aromatic heterocycles. The van der Waals surface area contributed by atoms with Crippen LogP contribution in [0, 0.1) is 11.8 Å². The highest BCUT2D eigenvalue weighted by Crippen LogP contribution is 2.28. The molecule has 1 aliphatic heterocycles. The van der Waals surface area contributed by atoms with E-state index in [1.165, 1.54) is 12.8 Å². The minimum atomic E-state index is -2.66. The molecule has 0 radical (unpaired) electrons. The van der Waals surface area contributed by atoms with Crippen LogP contribution in [0.15, 0.2) is 0 Å². The van der Waals surface area contributed by atoms with Gasteiger partial charge in [-0.05, 0) is 24.7 Å². The predicted molar refractivity (Wildman–Crippen MR) is 55.4 cm³/mol.